The van der Waals surface area contributed by atoms with Crippen molar-refractivity contribution in [3.8, 4) is 0 Å². The van der Waals surface area contributed by atoms with E-state index in [0.717, 1.165) is 36.8 Å². The number of hydrogen-bond acceptors (Lipinski definition) is 2. The summed E-state index contributed by atoms with van der Waals surface area (Å²) in [6.45, 7) is 4.38. The molecule has 0 aromatic heterocycles. The maximum atomic E-state index is 14.2. The summed E-state index contributed by atoms with van der Waals surface area (Å²) >= 11 is 0. The number of hydrogen-bond donors (Lipinski definition) is 0. The highest BCUT2D eigenvalue weighted by Gasteiger charge is 2.02. The fraction of sp³-hybridized carbons (Fsp3) is 0.417. The molecule has 0 heterocycles. The first-order chi connectivity index (χ1) is 13.2. The molecule has 0 aliphatic heterocycles. The van der Waals surface area contributed by atoms with Gasteiger partial charge in [0.15, 0.2) is 0 Å². The third kappa shape index (κ3) is 7.86. The summed E-state index contributed by atoms with van der Waals surface area (Å²) in [5.41, 5.74) is 3.84. The average molecular weight is 367 g/mol. The van der Waals surface area contributed by atoms with Crippen molar-refractivity contribution in [2.45, 2.75) is 65.2 Å². The Balaban J connectivity index is 1.85. The van der Waals surface area contributed by atoms with Crippen LogP contribution in [0, 0.1) is 5.82 Å². The molecule has 0 spiro atoms. The zero-order chi connectivity index (χ0) is 19.3. The van der Waals surface area contributed by atoms with Gasteiger partial charge in [0, 0.05) is 5.56 Å². The normalized spacial score (nSPS) is 11.7. The van der Waals surface area contributed by atoms with E-state index in [1.807, 2.05) is 18.2 Å². The standard InChI is InChI=1S/C24H31FN2/c1-3-5-6-7-8-10-21-15-16-23(24(25)17-21)19-27-26-18-22-13-11-20(9-4-2)12-14-22/h11-19H,3-10H2,1-2H3. The van der Waals surface area contributed by atoms with E-state index in [1.54, 1.807) is 18.3 Å². The highest BCUT2D eigenvalue weighted by atomic mass is 19.1. The molecular formula is C24H31FN2. The Kier molecular flexibility index (Phi) is 9.47. The summed E-state index contributed by atoms with van der Waals surface area (Å²) in [6, 6.07) is 13.7. The van der Waals surface area contributed by atoms with Crippen molar-refractivity contribution in [1.29, 1.82) is 0 Å². The molecule has 0 N–H and O–H groups in total. The van der Waals surface area contributed by atoms with E-state index in [-0.39, 0.29) is 5.82 Å². The van der Waals surface area contributed by atoms with Gasteiger partial charge in [-0.1, -0.05) is 82.3 Å². The molecule has 27 heavy (non-hydrogen) atoms. The first-order valence-corrected chi connectivity index (χ1v) is 10.2. The minimum Gasteiger partial charge on any atom is -0.206 e. The summed E-state index contributed by atoms with van der Waals surface area (Å²) < 4.78 is 14.2. The van der Waals surface area contributed by atoms with Gasteiger partial charge in [0.2, 0.25) is 0 Å². The Bertz CT molecular complexity index is 733. The second-order valence-corrected chi connectivity index (χ2v) is 7.00. The van der Waals surface area contributed by atoms with Crippen LogP contribution in [0.4, 0.5) is 4.39 Å². The van der Waals surface area contributed by atoms with E-state index >= 15 is 0 Å². The third-order valence-corrected chi connectivity index (χ3v) is 4.62. The maximum Gasteiger partial charge on any atom is 0.132 e. The predicted molar refractivity (Wildman–Crippen MR) is 114 cm³/mol. The van der Waals surface area contributed by atoms with Crippen LogP contribution in [0.25, 0.3) is 0 Å². The average Bonchev–Trinajstić information content (AvgIpc) is 2.68. The highest BCUT2D eigenvalue weighted by molar-refractivity contribution is 5.82. The second-order valence-electron chi connectivity index (χ2n) is 7.00. The van der Waals surface area contributed by atoms with Crippen molar-refractivity contribution < 1.29 is 4.39 Å². The summed E-state index contributed by atoms with van der Waals surface area (Å²) in [6.07, 6.45) is 12.5. The molecule has 0 bridgehead atoms. The monoisotopic (exact) mass is 366 g/mol. The van der Waals surface area contributed by atoms with E-state index in [9.17, 15) is 4.39 Å². The summed E-state index contributed by atoms with van der Waals surface area (Å²) in [4.78, 5) is 0. The van der Waals surface area contributed by atoms with Gasteiger partial charge in [0.1, 0.15) is 5.82 Å². The minimum atomic E-state index is -0.232. The third-order valence-electron chi connectivity index (χ3n) is 4.62. The lowest BCUT2D eigenvalue weighted by molar-refractivity contribution is 0.614. The number of nitrogens with zero attached hydrogens (tertiary/aromatic N) is 2. The fourth-order valence-corrected chi connectivity index (χ4v) is 3.02. The first-order valence-electron chi connectivity index (χ1n) is 10.2. The van der Waals surface area contributed by atoms with Crippen LogP contribution in [-0.2, 0) is 12.8 Å². The van der Waals surface area contributed by atoms with Crippen molar-refractivity contribution in [3.63, 3.8) is 0 Å². The van der Waals surface area contributed by atoms with Gasteiger partial charge in [-0.05, 0) is 42.0 Å². The molecule has 3 heteroatoms. The predicted octanol–water partition coefficient (Wildman–Crippen LogP) is 6.74. The number of aryl methyl sites for hydroxylation is 2. The van der Waals surface area contributed by atoms with Crippen molar-refractivity contribution in [3.05, 3.63) is 70.5 Å². The molecule has 0 saturated carbocycles. The molecule has 0 unspecified atom stereocenters. The van der Waals surface area contributed by atoms with Gasteiger partial charge in [-0.15, -0.1) is 0 Å². The first kappa shape index (κ1) is 21.0. The number of unbranched alkanes of at least 4 members (excludes halogenated alkanes) is 4. The van der Waals surface area contributed by atoms with E-state index in [2.05, 4.69) is 36.2 Å². The summed E-state index contributed by atoms with van der Waals surface area (Å²) in [7, 11) is 0. The SMILES string of the molecule is CCCCCCCc1ccc(C=NN=Cc2ccc(CCC)cc2)c(F)c1. The van der Waals surface area contributed by atoms with Crippen LogP contribution in [0.2, 0.25) is 0 Å². The molecule has 2 rings (SSSR count). The van der Waals surface area contributed by atoms with Gasteiger partial charge < -0.3 is 0 Å². The Morgan fingerprint density at radius 3 is 2.15 bits per heavy atom. The van der Waals surface area contributed by atoms with Gasteiger partial charge in [0.25, 0.3) is 0 Å². The van der Waals surface area contributed by atoms with Gasteiger partial charge in [-0.25, -0.2) is 4.39 Å². The zero-order valence-corrected chi connectivity index (χ0v) is 16.6. The molecule has 0 saturated heterocycles. The van der Waals surface area contributed by atoms with E-state index < -0.39 is 0 Å². The molecule has 0 fully saturated rings. The van der Waals surface area contributed by atoms with Gasteiger partial charge in [-0.2, -0.15) is 10.2 Å². The lowest BCUT2D eigenvalue weighted by Gasteiger charge is -2.03. The number of benzene rings is 2. The topological polar surface area (TPSA) is 24.7 Å². The largest absolute Gasteiger partial charge is 0.206 e. The van der Waals surface area contributed by atoms with E-state index in [0.29, 0.717) is 5.56 Å². The van der Waals surface area contributed by atoms with Crippen LogP contribution in [0.5, 0.6) is 0 Å². The van der Waals surface area contributed by atoms with Crippen LogP contribution in [-0.4, -0.2) is 12.4 Å². The van der Waals surface area contributed by atoms with Crippen molar-refractivity contribution >= 4 is 12.4 Å². The van der Waals surface area contributed by atoms with Crippen molar-refractivity contribution in [2.24, 2.45) is 10.2 Å². The molecule has 2 nitrogen and oxygen atoms in total. The highest BCUT2D eigenvalue weighted by Crippen LogP contribution is 2.13. The lowest BCUT2D eigenvalue weighted by atomic mass is 10.0. The molecule has 2 aromatic carbocycles. The Hall–Kier alpha value is -2.29. The minimum absolute atomic E-state index is 0.232. The van der Waals surface area contributed by atoms with E-state index in [4.69, 9.17) is 0 Å². The molecule has 144 valence electrons. The van der Waals surface area contributed by atoms with Gasteiger partial charge >= 0.3 is 0 Å². The summed E-state index contributed by atoms with van der Waals surface area (Å²) in [5, 5.41) is 8.02. The van der Waals surface area contributed by atoms with Crippen LogP contribution in [0.15, 0.2) is 52.7 Å². The molecule has 0 amide bonds. The van der Waals surface area contributed by atoms with Crippen LogP contribution in [0.3, 0.4) is 0 Å². The quantitative estimate of drug-likeness (QED) is 0.239. The van der Waals surface area contributed by atoms with Gasteiger partial charge in [0.05, 0.1) is 12.4 Å². The second kappa shape index (κ2) is 12.2. The molecule has 0 aliphatic rings. The maximum absolute atomic E-state index is 14.2. The van der Waals surface area contributed by atoms with Crippen molar-refractivity contribution in [1.82, 2.24) is 0 Å². The smallest absolute Gasteiger partial charge is 0.132 e. The summed E-state index contributed by atoms with van der Waals surface area (Å²) in [5.74, 6) is -0.232. The molecular weight excluding hydrogens is 335 g/mol. The van der Waals surface area contributed by atoms with Crippen LogP contribution < -0.4 is 0 Å². The Morgan fingerprint density at radius 2 is 1.44 bits per heavy atom. The fourth-order valence-electron chi connectivity index (χ4n) is 3.02. The number of halogens is 1. The number of rotatable bonds is 11. The van der Waals surface area contributed by atoms with E-state index in [1.165, 1.54) is 37.5 Å². The van der Waals surface area contributed by atoms with Gasteiger partial charge in [-0.3, -0.25) is 0 Å². The Morgan fingerprint density at radius 1 is 0.741 bits per heavy atom. The van der Waals surface area contributed by atoms with Crippen LogP contribution in [0.1, 0.15) is 74.6 Å². The molecule has 0 atom stereocenters. The molecule has 2 aromatic rings. The zero-order valence-electron chi connectivity index (χ0n) is 16.6. The Labute approximate surface area is 163 Å². The van der Waals surface area contributed by atoms with Crippen LogP contribution >= 0.6 is 0 Å². The van der Waals surface area contributed by atoms with Crippen molar-refractivity contribution in [2.75, 3.05) is 0 Å². The molecule has 0 radical (unpaired) electrons. The molecule has 0 aliphatic carbocycles. The lowest BCUT2D eigenvalue weighted by Crippen LogP contribution is -1.93.